The molecule has 0 unspecified atom stereocenters. The minimum absolute atomic E-state index is 0.0357. The van der Waals surface area contributed by atoms with Gasteiger partial charge in [0.2, 0.25) is 5.56 Å². The van der Waals surface area contributed by atoms with Crippen LogP contribution in [-0.4, -0.2) is 42.3 Å². The quantitative estimate of drug-likeness (QED) is 0.520. The van der Waals surface area contributed by atoms with Gasteiger partial charge in [0.05, 0.1) is 23.9 Å². The molecular formula is C23H27N7O2. The van der Waals surface area contributed by atoms with E-state index in [1.165, 1.54) is 0 Å². The molecule has 9 heteroatoms. The van der Waals surface area contributed by atoms with E-state index < -0.39 is 0 Å². The average Bonchev–Trinajstić information content (AvgIpc) is 3.40. The van der Waals surface area contributed by atoms with Crippen LogP contribution in [0.4, 0.5) is 5.82 Å². The van der Waals surface area contributed by atoms with Crippen molar-refractivity contribution in [3.63, 3.8) is 0 Å². The number of hydrogen-bond donors (Lipinski definition) is 1. The van der Waals surface area contributed by atoms with E-state index in [0.717, 1.165) is 59.4 Å². The highest BCUT2D eigenvalue weighted by Crippen LogP contribution is 2.36. The maximum Gasteiger partial charge on any atom is 0.250 e. The van der Waals surface area contributed by atoms with E-state index in [1.807, 2.05) is 32.7 Å². The zero-order valence-electron chi connectivity index (χ0n) is 18.5. The summed E-state index contributed by atoms with van der Waals surface area (Å²) in [5.41, 5.74) is 2.94. The Bertz CT molecular complexity index is 1310. The summed E-state index contributed by atoms with van der Waals surface area (Å²) in [6.07, 6.45) is 11.4. The number of pyridine rings is 2. The normalized spacial score (nSPS) is 18.7. The summed E-state index contributed by atoms with van der Waals surface area (Å²) in [6, 6.07) is 5.65. The molecule has 4 aromatic rings. The third-order valence-electron chi connectivity index (χ3n) is 6.18. The summed E-state index contributed by atoms with van der Waals surface area (Å²) in [6.45, 7) is 0. The third kappa shape index (κ3) is 3.74. The number of anilines is 1. The maximum atomic E-state index is 11.6. The Balaban J connectivity index is 1.40. The van der Waals surface area contributed by atoms with Gasteiger partial charge >= 0.3 is 0 Å². The number of nitrogens with one attached hydrogen (secondary N) is 1. The number of nitrogens with zero attached hydrogens (tertiary/aromatic N) is 6. The van der Waals surface area contributed by atoms with E-state index in [1.54, 1.807) is 34.6 Å². The van der Waals surface area contributed by atoms with Crippen molar-refractivity contribution in [3.05, 3.63) is 53.3 Å². The van der Waals surface area contributed by atoms with Crippen LogP contribution < -0.4 is 15.6 Å². The lowest BCUT2D eigenvalue weighted by molar-refractivity contribution is 0.130. The lowest BCUT2D eigenvalue weighted by Gasteiger charge is -2.29. The van der Waals surface area contributed by atoms with E-state index in [2.05, 4.69) is 26.1 Å². The number of aryl methyl sites for hydroxylation is 2. The molecule has 32 heavy (non-hydrogen) atoms. The van der Waals surface area contributed by atoms with Crippen LogP contribution in [0.1, 0.15) is 31.7 Å². The van der Waals surface area contributed by atoms with Crippen molar-refractivity contribution in [1.82, 2.24) is 29.1 Å². The lowest BCUT2D eigenvalue weighted by atomic mass is 9.93. The fourth-order valence-electron chi connectivity index (χ4n) is 4.44. The number of hydrogen-bond acceptors (Lipinski definition) is 6. The van der Waals surface area contributed by atoms with Gasteiger partial charge in [-0.2, -0.15) is 10.2 Å². The molecule has 0 bridgehead atoms. The Kier molecular flexibility index (Phi) is 5.16. The molecule has 1 aliphatic rings. The van der Waals surface area contributed by atoms with Crippen molar-refractivity contribution >= 4 is 16.7 Å². The zero-order chi connectivity index (χ0) is 22.2. The van der Waals surface area contributed by atoms with Crippen LogP contribution in [0.5, 0.6) is 5.75 Å². The molecule has 1 aliphatic carbocycles. The smallest absolute Gasteiger partial charge is 0.250 e. The SMILES string of the molecule is CNc1cc2c(cn1)c(-c1cnn(C)c1)nn2[C@H]1CC[C@@H](Oc2ccc(=O)n(C)c2)CC1. The number of ether oxygens (including phenoxy) is 1. The average molecular weight is 434 g/mol. The van der Waals surface area contributed by atoms with E-state index in [0.29, 0.717) is 0 Å². The van der Waals surface area contributed by atoms with Gasteiger partial charge in [0.15, 0.2) is 0 Å². The molecule has 5 rings (SSSR count). The Morgan fingerprint density at radius 1 is 1.09 bits per heavy atom. The Morgan fingerprint density at radius 2 is 1.91 bits per heavy atom. The van der Waals surface area contributed by atoms with Crippen molar-refractivity contribution in [2.45, 2.75) is 37.8 Å². The second-order valence-electron chi connectivity index (χ2n) is 8.39. The molecule has 4 aromatic heterocycles. The first-order chi connectivity index (χ1) is 15.5. The Hall–Kier alpha value is -3.62. The van der Waals surface area contributed by atoms with E-state index in [-0.39, 0.29) is 17.7 Å². The minimum atomic E-state index is -0.0357. The highest BCUT2D eigenvalue weighted by atomic mass is 16.5. The summed E-state index contributed by atoms with van der Waals surface area (Å²) < 4.78 is 11.6. The van der Waals surface area contributed by atoms with Gasteiger partial charge in [0.25, 0.3) is 0 Å². The summed E-state index contributed by atoms with van der Waals surface area (Å²) >= 11 is 0. The topological polar surface area (TPSA) is 91.8 Å². The fourth-order valence-corrected chi connectivity index (χ4v) is 4.44. The molecular weight excluding hydrogens is 406 g/mol. The molecule has 1 saturated carbocycles. The summed E-state index contributed by atoms with van der Waals surface area (Å²) in [7, 11) is 5.52. The van der Waals surface area contributed by atoms with Crippen LogP contribution >= 0.6 is 0 Å². The predicted molar refractivity (Wildman–Crippen MR) is 123 cm³/mol. The molecule has 1 fully saturated rings. The molecule has 0 aliphatic heterocycles. The van der Waals surface area contributed by atoms with Crippen LogP contribution in [0.15, 0.2) is 47.8 Å². The van der Waals surface area contributed by atoms with Crippen molar-refractivity contribution in [2.75, 3.05) is 12.4 Å². The van der Waals surface area contributed by atoms with Gasteiger partial charge in [0, 0.05) is 62.8 Å². The standard InChI is InChI=1S/C23H27N7O2/c1-24-21-10-20-19(12-25-21)23(15-11-26-29(3)13-15)27-30(20)16-4-6-17(7-5-16)32-18-8-9-22(31)28(2)14-18/h8-14,16-17H,4-7H2,1-3H3,(H,24,25)/t16-,17+. The maximum absolute atomic E-state index is 11.6. The monoisotopic (exact) mass is 433 g/mol. The van der Waals surface area contributed by atoms with Crippen LogP contribution in [0.25, 0.3) is 22.2 Å². The van der Waals surface area contributed by atoms with Gasteiger partial charge in [-0.15, -0.1) is 0 Å². The molecule has 0 spiro atoms. The van der Waals surface area contributed by atoms with E-state index in [4.69, 9.17) is 9.84 Å². The summed E-state index contributed by atoms with van der Waals surface area (Å²) in [5.74, 6) is 1.56. The molecule has 166 valence electrons. The van der Waals surface area contributed by atoms with Gasteiger partial charge in [-0.1, -0.05) is 0 Å². The van der Waals surface area contributed by atoms with Crippen molar-refractivity contribution in [1.29, 1.82) is 0 Å². The molecule has 0 radical (unpaired) electrons. The van der Waals surface area contributed by atoms with Crippen LogP contribution in [-0.2, 0) is 14.1 Å². The Labute approximate surface area is 185 Å². The van der Waals surface area contributed by atoms with Crippen molar-refractivity contribution in [2.24, 2.45) is 14.1 Å². The lowest BCUT2D eigenvalue weighted by Crippen LogP contribution is -2.27. The van der Waals surface area contributed by atoms with Gasteiger partial charge in [0.1, 0.15) is 17.3 Å². The van der Waals surface area contributed by atoms with Crippen LogP contribution in [0, 0.1) is 0 Å². The second kappa shape index (κ2) is 8.14. The molecule has 0 amide bonds. The predicted octanol–water partition coefficient (Wildman–Crippen LogP) is 3.13. The fraction of sp³-hybridized carbons (Fsp3) is 0.391. The zero-order valence-corrected chi connectivity index (χ0v) is 18.5. The molecule has 1 N–H and O–H groups in total. The van der Waals surface area contributed by atoms with Crippen molar-refractivity contribution in [3.8, 4) is 17.0 Å². The first kappa shape index (κ1) is 20.3. The summed E-state index contributed by atoms with van der Waals surface area (Å²) in [4.78, 5) is 16.1. The number of fused-ring (bicyclic) bond motifs is 1. The van der Waals surface area contributed by atoms with E-state index >= 15 is 0 Å². The van der Waals surface area contributed by atoms with Crippen LogP contribution in [0.2, 0.25) is 0 Å². The summed E-state index contributed by atoms with van der Waals surface area (Å²) in [5, 5.41) is 13.5. The van der Waals surface area contributed by atoms with Crippen LogP contribution in [0.3, 0.4) is 0 Å². The van der Waals surface area contributed by atoms with Gasteiger partial charge < -0.3 is 14.6 Å². The molecule has 0 aromatic carbocycles. The van der Waals surface area contributed by atoms with Gasteiger partial charge in [-0.3, -0.25) is 14.2 Å². The van der Waals surface area contributed by atoms with Crippen molar-refractivity contribution < 1.29 is 4.74 Å². The molecule has 9 nitrogen and oxygen atoms in total. The van der Waals surface area contributed by atoms with Gasteiger partial charge in [-0.05, 0) is 31.7 Å². The molecule has 0 saturated heterocycles. The largest absolute Gasteiger partial charge is 0.489 e. The first-order valence-corrected chi connectivity index (χ1v) is 10.9. The molecule has 0 atom stereocenters. The molecule has 4 heterocycles. The first-order valence-electron chi connectivity index (χ1n) is 10.9. The highest BCUT2D eigenvalue weighted by molar-refractivity contribution is 5.93. The van der Waals surface area contributed by atoms with E-state index in [9.17, 15) is 4.79 Å². The van der Waals surface area contributed by atoms with Gasteiger partial charge in [-0.25, -0.2) is 4.98 Å². The Morgan fingerprint density at radius 3 is 2.59 bits per heavy atom. The minimum Gasteiger partial charge on any atom is -0.489 e. The number of aromatic nitrogens is 6. The third-order valence-corrected chi connectivity index (χ3v) is 6.18. The highest BCUT2D eigenvalue weighted by Gasteiger charge is 2.27. The second-order valence-corrected chi connectivity index (χ2v) is 8.39. The number of rotatable bonds is 5.